The van der Waals surface area contributed by atoms with E-state index in [1.807, 2.05) is 0 Å². The lowest BCUT2D eigenvalue weighted by Crippen LogP contribution is -2.25. The largest absolute Gasteiger partial charge is 0.241 e. The molecule has 0 aliphatic heterocycles. The summed E-state index contributed by atoms with van der Waals surface area (Å²) in [4.78, 5) is 0.190. The van der Waals surface area contributed by atoms with Crippen molar-refractivity contribution in [1.29, 1.82) is 0 Å². The third kappa shape index (κ3) is 3.49. The van der Waals surface area contributed by atoms with E-state index in [1.165, 1.54) is 12.1 Å². The van der Waals surface area contributed by atoms with E-state index in [1.54, 1.807) is 13.0 Å². The second-order valence-electron chi connectivity index (χ2n) is 3.25. The van der Waals surface area contributed by atoms with E-state index in [9.17, 15) is 8.42 Å². The summed E-state index contributed by atoms with van der Waals surface area (Å²) in [6.07, 6.45) is 0. The molecule has 1 N–H and O–H groups in total. The van der Waals surface area contributed by atoms with Gasteiger partial charge in [0.05, 0.1) is 4.90 Å². The molecule has 0 bridgehead atoms. The first-order valence-electron chi connectivity index (χ1n) is 4.42. The van der Waals surface area contributed by atoms with Crippen LogP contribution in [0.5, 0.6) is 0 Å². The summed E-state index contributed by atoms with van der Waals surface area (Å²) >= 11 is 11.2. The zero-order valence-corrected chi connectivity index (χ0v) is 11.0. The molecule has 0 aromatic heterocycles. The lowest BCUT2D eigenvalue weighted by atomic mass is 10.2. The minimum atomic E-state index is -3.56. The summed E-state index contributed by atoms with van der Waals surface area (Å²) in [5.74, 6) is 0. The summed E-state index contributed by atoms with van der Waals surface area (Å²) < 4.78 is 26.0. The highest BCUT2D eigenvalue weighted by molar-refractivity contribution is 7.89. The molecule has 1 aromatic carbocycles. The number of hydrogen-bond acceptors (Lipinski definition) is 2. The molecular weight excluding hydrogens is 269 g/mol. The van der Waals surface area contributed by atoms with Gasteiger partial charge in [0.1, 0.15) is 0 Å². The lowest BCUT2D eigenvalue weighted by Gasteiger charge is -2.08. The third-order valence-corrected chi connectivity index (χ3v) is 3.81. The molecule has 6 heteroatoms. The molecule has 1 aromatic rings. The highest BCUT2D eigenvalue weighted by Gasteiger charge is 2.16. The van der Waals surface area contributed by atoms with Gasteiger partial charge in [-0.1, -0.05) is 29.8 Å². The predicted molar refractivity (Wildman–Crippen MR) is 66.4 cm³/mol. The molecule has 3 nitrogen and oxygen atoms in total. The Morgan fingerprint density at radius 2 is 2.12 bits per heavy atom. The molecule has 0 radical (unpaired) electrons. The average Bonchev–Trinajstić information content (AvgIpc) is 2.14. The lowest BCUT2D eigenvalue weighted by molar-refractivity contribution is 0.585. The van der Waals surface area contributed by atoms with Crippen LogP contribution in [-0.2, 0) is 10.0 Å². The number of sulfonamides is 1. The molecule has 0 atom stereocenters. The molecular formula is C10H11Cl2NO2S. The predicted octanol–water partition coefficient (Wildman–Crippen LogP) is 2.68. The summed E-state index contributed by atoms with van der Waals surface area (Å²) in [5.41, 5.74) is 0.584. The Morgan fingerprint density at radius 1 is 1.50 bits per heavy atom. The van der Waals surface area contributed by atoms with Crippen molar-refractivity contribution >= 4 is 33.2 Å². The van der Waals surface area contributed by atoms with Crippen molar-refractivity contribution in [2.45, 2.75) is 11.8 Å². The Labute approximate surface area is 105 Å². The average molecular weight is 280 g/mol. The smallest absolute Gasteiger partial charge is 0.207 e. The van der Waals surface area contributed by atoms with Crippen LogP contribution in [0.3, 0.4) is 0 Å². The van der Waals surface area contributed by atoms with Crippen molar-refractivity contribution in [2.24, 2.45) is 0 Å². The van der Waals surface area contributed by atoms with E-state index in [4.69, 9.17) is 23.2 Å². The zero-order valence-electron chi connectivity index (χ0n) is 8.63. The van der Waals surface area contributed by atoms with Gasteiger partial charge in [-0.3, -0.25) is 0 Å². The fourth-order valence-corrected chi connectivity index (χ4v) is 2.79. The normalized spacial score (nSPS) is 11.4. The van der Waals surface area contributed by atoms with Crippen molar-refractivity contribution in [1.82, 2.24) is 4.72 Å². The highest BCUT2D eigenvalue weighted by atomic mass is 35.5. The van der Waals surface area contributed by atoms with Crippen molar-refractivity contribution in [3.8, 4) is 0 Å². The van der Waals surface area contributed by atoms with Crippen molar-refractivity contribution < 1.29 is 8.42 Å². The van der Waals surface area contributed by atoms with Crippen LogP contribution in [-0.4, -0.2) is 15.0 Å². The first-order chi connectivity index (χ1) is 7.33. The molecule has 0 aliphatic rings. The Bertz CT molecular complexity index is 512. The van der Waals surface area contributed by atoms with Crippen LogP contribution < -0.4 is 4.72 Å². The third-order valence-electron chi connectivity index (χ3n) is 1.88. The van der Waals surface area contributed by atoms with Gasteiger partial charge in [0.15, 0.2) is 0 Å². The van der Waals surface area contributed by atoms with E-state index >= 15 is 0 Å². The van der Waals surface area contributed by atoms with Gasteiger partial charge in [-0.25, -0.2) is 13.1 Å². The maximum Gasteiger partial charge on any atom is 0.241 e. The Kier molecular flexibility index (Phi) is 4.38. The van der Waals surface area contributed by atoms with Crippen LogP contribution in [0.2, 0.25) is 5.02 Å². The standard InChI is InChI=1S/C10H11Cl2NO2S/c1-7-5-9(12)3-4-10(7)16(14,15)13-6-8(2)11/h3-5,13H,2,6H2,1H3. The molecule has 1 rings (SSSR count). The molecule has 0 saturated heterocycles. The Hall–Kier alpha value is -0.550. The summed E-state index contributed by atoms with van der Waals surface area (Å²) in [5, 5.41) is 0.730. The minimum Gasteiger partial charge on any atom is -0.207 e. The summed E-state index contributed by atoms with van der Waals surface area (Å²) in [6.45, 7) is 5.09. The zero-order chi connectivity index (χ0) is 12.3. The molecule has 0 saturated carbocycles. The molecule has 88 valence electrons. The molecule has 0 fully saturated rings. The molecule has 0 spiro atoms. The first kappa shape index (κ1) is 13.5. The van der Waals surface area contributed by atoms with Crippen molar-refractivity contribution in [3.05, 3.63) is 40.4 Å². The second-order valence-corrected chi connectivity index (χ2v) is 5.96. The van der Waals surface area contributed by atoms with E-state index < -0.39 is 10.0 Å². The molecule has 0 amide bonds. The van der Waals surface area contributed by atoms with Gasteiger partial charge in [-0.05, 0) is 30.7 Å². The van der Waals surface area contributed by atoms with Crippen LogP contribution in [0.1, 0.15) is 5.56 Å². The minimum absolute atomic E-state index is 0.00591. The fourth-order valence-electron chi connectivity index (χ4n) is 1.17. The van der Waals surface area contributed by atoms with Gasteiger partial charge in [-0.2, -0.15) is 0 Å². The summed E-state index contributed by atoms with van der Waals surface area (Å²) in [6, 6.07) is 4.57. The monoisotopic (exact) mass is 279 g/mol. The van der Waals surface area contributed by atoms with Gasteiger partial charge in [0.2, 0.25) is 10.0 Å². The first-order valence-corrected chi connectivity index (χ1v) is 6.66. The number of hydrogen-bond donors (Lipinski definition) is 1. The Morgan fingerprint density at radius 3 is 2.62 bits per heavy atom. The number of benzene rings is 1. The topological polar surface area (TPSA) is 46.2 Å². The second kappa shape index (κ2) is 5.19. The molecule has 0 heterocycles. The van der Waals surface area contributed by atoms with E-state index in [-0.39, 0.29) is 16.5 Å². The molecule has 16 heavy (non-hydrogen) atoms. The highest BCUT2D eigenvalue weighted by Crippen LogP contribution is 2.19. The van der Waals surface area contributed by atoms with Crippen LogP contribution in [0.4, 0.5) is 0 Å². The van der Waals surface area contributed by atoms with Crippen LogP contribution in [0.15, 0.2) is 34.7 Å². The van der Waals surface area contributed by atoms with Crippen molar-refractivity contribution in [3.63, 3.8) is 0 Å². The number of aryl methyl sites for hydroxylation is 1. The van der Waals surface area contributed by atoms with E-state index in [0.717, 1.165) is 0 Å². The van der Waals surface area contributed by atoms with Gasteiger partial charge < -0.3 is 0 Å². The maximum atomic E-state index is 11.8. The van der Waals surface area contributed by atoms with Crippen LogP contribution in [0, 0.1) is 6.92 Å². The van der Waals surface area contributed by atoms with Gasteiger partial charge in [0.25, 0.3) is 0 Å². The number of nitrogens with one attached hydrogen (secondary N) is 1. The SMILES string of the molecule is C=C(Cl)CNS(=O)(=O)c1ccc(Cl)cc1C. The van der Waals surface area contributed by atoms with Crippen molar-refractivity contribution in [2.75, 3.05) is 6.54 Å². The quantitative estimate of drug-likeness (QED) is 0.921. The molecule has 0 aliphatic carbocycles. The van der Waals surface area contributed by atoms with Gasteiger partial charge in [-0.15, -0.1) is 0 Å². The van der Waals surface area contributed by atoms with E-state index in [2.05, 4.69) is 11.3 Å². The van der Waals surface area contributed by atoms with E-state index in [0.29, 0.717) is 10.6 Å². The maximum absolute atomic E-state index is 11.8. The van der Waals surface area contributed by atoms with Crippen LogP contribution >= 0.6 is 23.2 Å². The number of halogens is 2. The Balaban J connectivity index is 3.03. The molecule has 0 unspecified atom stereocenters. The number of rotatable bonds is 4. The summed E-state index contributed by atoms with van der Waals surface area (Å²) in [7, 11) is -3.56. The van der Waals surface area contributed by atoms with Crippen LogP contribution in [0.25, 0.3) is 0 Å². The fraction of sp³-hybridized carbons (Fsp3) is 0.200. The van der Waals surface area contributed by atoms with Gasteiger partial charge >= 0.3 is 0 Å². The van der Waals surface area contributed by atoms with Gasteiger partial charge in [0, 0.05) is 16.6 Å².